The molecular weight excluding hydrogens is 288 g/mol. The van der Waals surface area contributed by atoms with Crippen LogP contribution < -0.4 is 4.72 Å². The van der Waals surface area contributed by atoms with Crippen molar-refractivity contribution < 1.29 is 13.5 Å². The number of benzene rings is 1. The number of aryl methyl sites for hydroxylation is 1. The van der Waals surface area contributed by atoms with Gasteiger partial charge >= 0.3 is 0 Å². The smallest absolute Gasteiger partial charge is 0.279 e. The number of nitrogens with zero attached hydrogens (tertiary/aromatic N) is 1. The van der Waals surface area contributed by atoms with Crippen LogP contribution in [0.3, 0.4) is 0 Å². The molecule has 2 rings (SSSR count). The van der Waals surface area contributed by atoms with Crippen molar-refractivity contribution >= 4 is 10.2 Å². The lowest BCUT2D eigenvalue weighted by atomic mass is 10.0. The summed E-state index contributed by atoms with van der Waals surface area (Å²) in [6, 6.07) is 7.45. The lowest BCUT2D eigenvalue weighted by Gasteiger charge is -2.30. The second kappa shape index (κ2) is 6.87. The molecule has 0 unspecified atom stereocenters. The highest BCUT2D eigenvalue weighted by Crippen LogP contribution is 2.19. The minimum Gasteiger partial charge on any atom is -0.387 e. The third-order valence-electron chi connectivity index (χ3n) is 3.97. The van der Waals surface area contributed by atoms with Crippen molar-refractivity contribution in [2.45, 2.75) is 32.8 Å². The van der Waals surface area contributed by atoms with Crippen LogP contribution >= 0.6 is 0 Å². The van der Waals surface area contributed by atoms with Crippen molar-refractivity contribution in [1.82, 2.24) is 9.03 Å². The Bertz CT molecular complexity index is 574. The van der Waals surface area contributed by atoms with Gasteiger partial charge in [0.2, 0.25) is 0 Å². The molecule has 1 aliphatic rings. The first-order chi connectivity index (χ1) is 9.90. The van der Waals surface area contributed by atoms with Gasteiger partial charge < -0.3 is 5.11 Å². The van der Waals surface area contributed by atoms with Crippen LogP contribution in [-0.4, -0.2) is 37.5 Å². The van der Waals surface area contributed by atoms with Crippen LogP contribution in [0.5, 0.6) is 0 Å². The van der Waals surface area contributed by atoms with Crippen LogP contribution in [0.4, 0.5) is 0 Å². The fourth-order valence-electron chi connectivity index (χ4n) is 2.71. The third kappa shape index (κ3) is 4.26. The van der Waals surface area contributed by atoms with E-state index in [0.717, 1.165) is 24.0 Å². The van der Waals surface area contributed by atoms with Gasteiger partial charge in [-0.25, -0.2) is 0 Å². The highest BCUT2D eigenvalue weighted by atomic mass is 32.2. The Morgan fingerprint density at radius 2 is 2.14 bits per heavy atom. The Labute approximate surface area is 127 Å². The Morgan fingerprint density at radius 3 is 2.81 bits per heavy atom. The first-order valence-corrected chi connectivity index (χ1v) is 8.82. The molecule has 6 heteroatoms. The molecule has 0 bridgehead atoms. The van der Waals surface area contributed by atoms with Crippen LogP contribution in [0.15, 0.2) is 24.3 Å². The summed E-state index contributed by atoms with van der Waals surface area (Å²) in [7, 11) is -3.51. The van der Waals surface area contributed by atoms with E-state index in [-0.39, 0.29) is 6.54 Å². The van der Waals surface area contributed by atoms with E-state index in [1.165, 1.54) is 4.31 Å². The zero-order chi connectivity index (χ0) is 15.5. The van der Waals surface area contributed by atoms with Crippen molar-refractivity contribution in [3.05, 3.63) is 35.4 Å². The number of aliphatic hydroxyl groups excluding tert-OH is 1. The lowest BCUT2D eigenvalue weighted by Crippen LogP contribution is -2.46. The Morgan fingerprint density at radius 1 is 1.43 bits per heavy atom. The van der Waals surface area contributed by atoms with E-state index >= 15 is 0 Å². The third-order valence-corrected chi connectivity index (χ3v) is 5.51. The molecule has 1 aromatic carbocycles. The SMILES string of the molecule is Cc1ccccc1[C@H](O)CNS(=O)(=O)N1CCC[C@@H](C)C1. The van der Waals surface area contributed by atoms with Crippen molar-refractivity contribution in [3.8, 4) is 0 Å². The predicted molar refractivity (Wildman–Crippen MR) is 83.0 cm³/mol. The van der Waals surface area contributed by atoms with Crippen LogP contribution in [0, 0.1) is 12.8 Å². The summed E-state index contributed by atoms with van der Waals surface area (Å²) in [4.78, 5) is 0. The van der Waals surface area contributed by atoms with Crippen molar-refractivity contribution in [3.63, 3.8) is 0 Å². The van der Waals surface area contributed by atoms with Gasteiger partial charge in [-0.3, -0.25) is 0 Å². The van der Waals surface area contributed by atoms with E-state index in [1.54, 1.807) is 0 Å². The second-order valence-electron chi connectivity index (χ2n) is 5.83. The fraction of sp³-hybridized carbons (Fsp3) is 0.600. The molecule has 0 aromatic heterocycles. The first-order valence-electron chi connectivity index (χ1n) is 7.38. The summed E-state index contributed by atoms with van der Waals surface area (Å²) >= 11 is 0. The number of piperidine rings is 1. The molecule has 1 fully saturated rings. The van der Waals surface area contributed by atoms with Crippen molar-refractivity contribution in [2.24, 2.45) is 5.92 Å². The molecular formula is C15H24N2O3S. The minimum atomic E-state index is -3.51. The van der Waals surface area contributed by atoms with E-state index in [1.807, 2.05) is 31.2 Å². The average molecular weight is 312 g/mol. The van der Waals surface area contributed by atoms with E-state index in [0.29, 0.717) is 19.0 Å². The average Bonchev–Trinajstić information content (AvgIpc) is 2.45. The quantitative estimate of drug-likeness (QED) is 0.867. The highest BCUT2D eigenvalue weighted by molar-refractivity contribution is 7.87. The van der Waals surface area contributed by atoms with Gasteiger partial charge in [0, 0.05) is 19.6 Å². The van der Waals surface area contributed by atoms with Gasteiger partial charge in [-0.2, -0.15) is 17.4 Å². The summed E-state index contributed by atoms with van der Waals surface area (Å²) in [6.45, 7) is 5.07. The molecule has 21 heavy (non-hydrogen) atoms. The molecule has 5 nitrogen and oxygen atoms in total. The number of hydrogen-bond donors (Lipinski definition) is 2. The Balaban J connectivity index is 1.97. The summed E-state index contributed by atoms with van der Waals surface area (Å²) in [5, 5.41) is 10.2. The van der Waals surface area contributed by atoms with E-state index in [4.69, 9.17) is 0 Å². The molecule has 0 aliphatic carbocycles. The van der Waals surface area contributed by atoms with Gasteiger partial charge in [-0.05, 0) is 36.8 Å². The van der Waals surface area contributed by atoms with Gasteiger partial charge in [0.15, 0.2) is 0 Å². The van der Waals surface area contributed by atoms with Crippen LogP contribution in [0.25, 0.3) is 0 Å². The summed E-state index contributed by atoms with van der Waals surface area (Å²) < 4.78 is 28.5. The Hall–Kier alpha value is -0.950. The number of rotatable bonds is 5. The number of aliphatic hydroxyl groups is 1. The highest BCUT2D eigenvalue weighted by Gasteiger charge is 2.27. The number of nitrogens with one attached hydrogen (secondary N) is 1. The van der Waals surface area contributed by atoms with Gasteiger partial charge in [-0.1, -0.05) is 31.2 Å². The predicted octanol–water partition coefficient (Wildman–Crippen LogP) is 1.59. The van der Waals surface area contributed by atoms with Crippen molar-refractivity contribution in [1.29, 1.82) is 0 Å². The largest absolute Gasteiger partial charge is 0.387 e. The molecule has 2 atom stereocenters. The lowest BCUT2D eigenvalue weighted by molar-refractivity contribution is 0.179. The molecule has 1 aromatic rings. The van der Waals surface area contributed by atoms with Crippen LogP contribution in [-0.2, 0) is 10.2 Å². The monoisotopic (exact) mass is 312 g/mol. The van der Waals surface area contributed by atoms with Crippen molar-refractivity contribution in [2.75, 3.05) is 19.6 Å². The number of hydrogen-bond acceptors (Lipinski definition) is 3. The molecule has 2 N–H and O–H groups in total. The van der Waals surface area contributed by atoms with Crippen LogP contribution in [0.2, 0.25) is 0 Å². The van der Waals surface area contributed by atoms with Gasteiger partial charge in [-0.15, -0.1) is 0 Å². The van der Waals surface area contributed by atoms with E-state index in [2.05, 4.69) is 11.6 Å². The molecule has 1 saturated heterocycles. The molecule has 0 spiro atoms. The summed E-state index contributed by atoms with van der Waals surface area (Å²) in [6.07, 6.45) is 1.13. The summed E-state index contributed by atoms with van der Waals surface area (Å²) in [5.74, 6) is 0.386. The molecule has 118 valence electrons. The maximum Gasteiger partial charge on any atom is 0.279 e. The second-order valence-corrected chi connectivity index (χ2v) is 7.59. The molecule has 1 heterocycles. The van der Waals surface area contributed by atoms with Gasteiger partial charge in [0.05, 0.1) is 6.10 Å². The zero-order valence-corrected chi connectivity index (χ0v) is 13.4. The molecule has 0 saturated carbocycles. The zero-order valence-electron chi connectivity index (χ0n) is 12.6. The molecule has 1 aliphatic heterocycles. The van der Waals surface area contributed by atoms with Gasteiger partial charge in [0.25, 0.3) is 10.2 Å². The normalized spacial score (nSPS) is 22.1. The summed E-state index contributed by atoms with van der Waals surface area (Å²) in [5.41, 5.74) is 1.71. The maximum atomic E-state index is 12.3. The fourth-order valence-corrected chi connectivity index (χ4v) is 4.08. The molecule has 0 amide bonds. The first kappa shape index (κ1) is 16.4. The topological polar surface area (TPSA) is 69.6 Å². The van der Waals surface area contributed by atoms with Gasteiger partial charge in [0.1, 0.15) is 0 Å². The van der Waals surface area contributed by atoms with Crippen LogP contribution in [0.1, 0.15) is 37.0 Å². The van der Waals surface area contributed by atoms with E-state index in [9.17, 15) is 13.5 Å². The Kier molecular flexibility index (Phi) is 5.37. The molecule has 0 radical (unpaired) electrons. The maximum absolute atomic E-state index is 12.3. The minimum absolute atomic E-state index is 0.00192. The van der Waals surface area contributed by atoms with E-state index < -0.39 is 16.3 Å². The standard InChI is InChI=1S/C15H24N2O3S/c1-12-6-5-9-17(11-12)21(19,20)16-10-15(18)14-8-4-3-7-13(14)2/h3-4,7-8,12,15-16,18H,5-6,9-11H2,1-2H3/t12-,15-/m1/s1.